The average molecular weight is 330 g/mol. The van der Waals surface area contributed by atoms with Gasteiger partial charge < -0.3 is 4.57 Å². The third-order valence-electron chi connectivity index (χ3n) is 3.85. The molecule has 120 valence electrons. The number of hydrogen-bond donors (Lipinski definition) is 0. The molecule has 3 aromatic heterocycles. The topological polar surface area (TPSA) is 61.8 Å². The number of fused-ring (bicyclic) bond motifs is 1. The van der Waals surface area contributed by atoms with Crippen LogP contribution in [0.25, 0.3) is 23.3 Å². The van der Waals surface area contributed by atoms with Crippen LogP contribution in [-0.2, 0) is 20.1 Å². The van der Waals surface area contributed by atoms with E-state index in [1.807, 2.05) is 36.6 Å². The molecule has 23 heavy (non-hydrogen) atoms. The molecule has 0 spiro atoms. The van der Waals surface area contributed by atoms with Crippen molar-refractivity contribution in [1.29, 1.82) is 0 Å². The molecule has 0 amide bonds. The molecule has 6 nitrogen and oxygen atoms in total. The zero-order valence-corrected chi connectivity index (χ0v) is 14.1. The molecule has 0 aliphatic rings. The molecule has 3 heterocycles. The number of rotatable bonds is 4. The van der Waals surface area contributed by atoms with Crippen LogP contribution in [0.3, 0.4) is 0 Å². The second-order valence-corrected chi connectivity index (χ2v) is 6.11. The Balaban J connectivity index is 2.28. The lowest BCUT2D eigenvalue weighted by atomic mass is 10.4. The summed E-state index contributed by atoms with van der Waals surface area (Å²) in [5.41, 5.74) is 0.307. The van der Waals surface area contributed by atoms with Gasteiger partial charge in [-0.2, -0.15) is 0 Å². The first kappa shape index (κ1) is 15.5. The van der Waals surface area contributed by atoms with Crippen LogP contribution in [0.15, 0.2) is 27.1 Å². The first-order valence-electron chi connectivity index (χ1n) is 7.50. The highest BCUT2D eigenvalue weighted by Crippen LogP contribution is 2.15. The number of imidazole rings is 1. The van der Waals surface area contributed by atoms with Crippen molar-refractivity contribution in [2.75, 3.05) is 0 Å². The minimum Gasteiger partial charge on any atom is -0.322 e. The van der Waals surface area contributed by atoms with Crippen LogP contribution in [-0.4, -0.2) is 18.7 Å². The van der Waals surface area contributed by atoms with Gasteiger partial charge in [0.05, 0.1) is 0 Å². The molecular weight excluding hydrogens is 312 g/mol. The van der Waals surface area contributed by atoms with Crippen LogP contribution < -0.4 is 11.2 Å². The largest absolute Gasteiger partial charge is 0.332 e. The summed E-state index contributed by atoms with van der Waals surface area (Å²) < 4.78 is 4.54. The Kier molecular flexibility index (Phi) is 4.04. The number of thiophene rings is 1. The fourth-order valence-electron chi connectivity index (χ4n) is 2.64. The molecule has 0 atom stereocenters. The van der Waals surface area contributed by atoms with Crippen molar-refractivity contribution >= 4 is 34.7 Å². The summed E-state index contributed by atoms with van der Waals surface area (Å²) in [4.78, 5) is 30.6. The Morgan fingerprint density at radius 3 is 2.52 bits per heavy atom. The van der Waals surface area contributed by atoms with E-state index in [0.29, 0.717) is 30.1 Å². The van der Waals surface area contributed by atoms with Gasteiger partial charge in [-0.3, -0.25) is 13.9 Å². The average Bonchev–Trinajstić information content (AvgIpc) is 3.14. The molecular formula is C16H18N4O2S. The number of nitrogens with zero attached hydrogens (tertiary/aromatic N) is 4. The summed E-state index contributed by atoms with van der Waals surface area (Å²) in [5, 5.41) is 2.00. The Hall–Kier alpha value is -2.41. The quantitative estimate of drug-likeness (QED) is 0.736. The van der Waals surface area contributed by atoms with Gasteiger partial charge in [0.25, 0.3) is 5.56 Å². The van der Waals surface area contributed by atoms with Gasteiger partial charge in [0, 0.05) is 25.0 Å². The summed E-state index contributed by atoms with van der Waals surface area (Å²) >= 11 is 1.63. The lowest BCUT2D eigenvalue weighted by Crippen LogP contribution is -2.39. The molecule has 0 aliphatic heterocycles. The smallest absolute Gasteiger partial charge is 0.322 e. The van der Waals surface area contributed by atoms with Crippen molar-refractivity contribution in [3.8, 4) is 0 Å². The highest BCUT2D eigenvalue weighted by Gasteiger charge is 2.17. The Labute approximate surface area is 136 Å². The molecule has 0 saturated heterocycles. The van der Waals surface area contributed by atoms with Crippen molar-refractivity contribution in [2.45, 2.75) is 26.9 Å². The van der Waals surface area contributed by atoms with Crippen molar-refractivity contribution < 1.29 is 0 Å². The maximum atomic E-state index is 12.6. The number of aromatic nitrogens is 4. The van der Waals surface area contributed by atoms with Crippen molar-refractivity contribution in [1.82, 2.24) is 18.7 Å². The standard InChI is InChI=1S/C16H18N4O2S/c1-4-19-14-13(15(21)20(5-2)16(19)22)18(3)12(17-14)9-8-11-7-6-10-23-11/h6-10H,4-5H2,1-3H3/b9-8+. The van der Waals surface area contributed by atoms with E-state index in [-0.39, 0.29) is 11.2 Å². The summed E-state index contributed by atoms with van der Waals surface area (Å²) in [6.45, 7) is 4.49. The molecule has 0 aromatic carbocycles. The van der Waals surface area contributed by atoms with Crippen molar-refractivity contribution in [3.05, 3.63) is 49.1 Å². The van der Waals surface area contributed by atoms with E-state index in [1.54, 1.807) is 34.4 Å². The molecule has 0 radical (unpaired) electrons. The highest BCUT2D eigenvalue weighted by atomic mass is 32.1. The highest BCUT2D eigenvalue weighted by molar-refractivity contribution is 7.10. The van der Waals surface area contributed by atoms with Crippen LogP contribution in [0.5, 0.6) is 0 Å². The minimum absolute atomic E-state index is 0.289. The van der Waals surface area contributed by atoms with E-state index in [2.05, 4.69) is 4.98 Å². The normalized spacial score (nSPS) is 11.8. The molecule has 7 heteroatoms. The molecule has 3 aromatic rings. The zero-order chi connectivity index (χ0) is 16.6. The third kappa shape index (κ3) is 2.46. The predicted molar refractivity (Wildman–Crippen MR) is 93.8 cm³/mol. The predicted octanol–water partition coefficient (Wildman–Crippen LogP) is 2.17. The first-order chi connectivity index (χ1) is 11.1. The van der Waals surface area contributed by atoms with Gasteiger partial charge in [-0.1, -0.05) is 6.07 Å². The molecule has 3 rings (SSSR count). The van der Waals surface area contributed by atoms with Crippen LogP contribution in [0.1, 0.15) is 24.5 Å². The summed E-state index contributed by atoms with van der Waals surface area (Å²) in [5.74, 6) is 0.654. The van der Waals surface area contributed by atoms with Gasteiger partial charge in [-0.05, 0) is 37.4 Å². The Morgan fingerprint density at radius 2 is 1.91 bits per heavy atom. The summed E-state index contributed by atoms with van der Waals surface area (Å²) in [6, 6.07) is 3.99. The lowest BCUT2D eigenvalue weighted by molar-refractivity contribution is 0.604. The van der Waals surface area contributed by atoms with E-state index >= 15 is 0 Å². The maximum absolute atomic E-state index is 12.6. The van der Waals surface area contributed by atoms with Crippen LogP contribution >= 0.6 is 11.3 Å². The third-order valence-corrected chi connectivity index (χ3v) is 4.69. The van der Waals surface area contributed by atoms with E-state index in [9.17, 15) is 9.59 Å². The van der Waals surface area contributed by atoms with Crippen LogP contribution in [0.2, 0.25) is 0 Å². The fraction of sp³-hybridized carbons (Fsp3) is 0.312. The monoisotopic (exact) mass is 330 g/mol. The Bertz CT molecular complexity index is 990. The lowest BCUT2D eigenvalue weighted by Gasteiger charge is -2.07. The number of hydrogen-bond acceptors (Lipinski definition) is 4. The van der Waals surface area contributed by atoms with Crippen LogP contribution in [0, 0.1) is 0 Å². The van der Waals surface area contributed by atoms with E-state index in [0.717, 1.165) is 4.88 Å². The second kappa shape index (κ2) is 6.00. The van der Waals surface area contributed by atoms with Crippen molar-refractivity contribution in [3.63, 3.8) is 0 Å². The van der Waals surface area contributed by atoms with Gasteiger partial charge >= 0.3 is 5.69 Å². The van der Waals surface area contributed by atoms with Gasteiger partial charge in [0.1, 0.15) is 5.82 Å². The number of aryl methyl sites for hydroxylation is 2. The minimum atomic E-state index is -0.306. The molecule has 0 bridgehead atoms. The molecule has 0 unspecified atom stereocenters. The van der Waals surface area contributed by atoms with E-state index < -0.39 is 0 Å². The molecule has 0 fully saturated rings. The zero-order valence-electron chi connectivity index (χ0n) is 13.3. The SMILES string of the molecule is CCn1c(=O)c2c(nc(/C=C/c3cccs3)n2C)n(CC)c1=O. The van der Waals surface area contributed by atoms with Gasteiger partial charge in [0.15, 0.2) is 11.2 Å². The van der Waals surface area contributed by atoms with Crippen LogP contribution in [0.4, 0.5) is 0 Å². The molecule has 0 saturated carbocycles. The van der Waals surface area contributed by atoms with Crippen molar-refractivity contribution in [2.24, 2.45) is 7.05 Å². The van der Waals surface area contributed by atoms with E-state index in [4.69, 9.17) is 0 Å². The summed E-state index contributed by atoms with van der Waals surface area (Å²) in [6.07, 6.45) is 3.82. The maximum Gasteiger partial charge on any atom is 0.332 e. The van der Waals surface area contributed by atoms with Gasteiger partial charge in [-0.25, -0.2) is 9.78 Å². The first-order valence-corrected chi connectivity index (χ1v) is 8.38. The summed E-state index contributed by atoms with van der Waals surface area (Å²) in [7, 11) is 1.80. The van der Waals surface area contributed by atoms with Gasteiger partial charge in [0.2, 0.25) is 0 Å². The molecule has 0 N–H and O–H groups in total. The van der Waals surface area contributed by atoms with Gasteiger partial charge in [-0.15, -0.1) is 11.3 Å². The van der Waals surface area contributed by atoms with E-state index in [1.165, 1.54) is 4.57 Å². The fourth-order valence-corrected chi connectivity index (χ4v) is 3.25. The molecule has 0 aliphatic carbocycles. The Morgan fingerprint density at radius 1 is 1.17 bits per heavy atom. The second-order valence-electron chi connectivity index (χ2n) is 5.13.